The van der Waals surface area contributed by atoms with Crippen molar-refractivity contribution >= 4 is 27.5 Å². The van der Waals surface area contributed by atoms with Crippen LogP contribution in [0.5, 0.6) is 0 Å². The van der Waals surface area contributed by atoms with Gasteiger partial charge in [0.1, 0.15) is 0 Å². The highest BCUT2D eigenvalue weighted by molar-refractivity contribution is 9.10. The zero-order valence-electron chi connectivity index (χ0n) is 8.65. The van der Waals surface area contributed by atoms with E-state index in [4.69, 9.17) is 16.1 Å². The molecule has 2 aromatic rings. The molecule has 0 aliphatic heterocycles. The number of hydrogen-bond acceptors (Lipinski definition) is 3. The Bertz CT molecular complexity index is 469. The van der Waals surface area contributed by atoms with E-state index in [2.05, 4.69) is 26.1 Å². The van der Waals surface area contributed by atoms with Crippen molar-refractivity contribution < 1.29 is 4.52 Å². The van der Waals surface area contributed by atoms with Crippen LogP contribution >= 0.6 is 27.5 Å². The molecule has 0 saturated carbocycles. The maximum Gasteiger partial charge on any atom is 0.257 e. The quantitative estimate of drug-likeness (QED) is 0.798. The summed E-state index contributed by atoms with van der Waals surface area (Å²) in [5.41, 5.74) is 0.891. The van der Waals surface area contributed by atoms with Crippen LogP contribution in [0.25, 0.3) is 11.5 Å². The highest BCUT2D eigenvalue weighted by Gasteiger charge is 2.14. The van der Waals surface area contributed by atoms with E-state index in [0.717, 1.165) is 16.5 Å². The summed E-state index contributed by atoms with van der Waals surface area (Å²) in [6.07, 6.45) is 0.779. The Morgan fingerprint density at radius 2 is 2.06 bits per heavy atom. The first-order chi connectivity index (χ1) is 7.70. The third-order valence-electron chi connectivity index (χ3n) is 2.17. The lowest BCUT2D eigenvalue weighted by Gasteiger charge is -1.96. The molecule has 0 aliphatic carbocycles. The van der Waals surface area contributed by atoms with Gasteiger partial charge in [0.25, 0.3) is 5.89 Å². The minimum Gasteiger partial charge on any atom is -0.334 e. The summed E-state index contributed by atoms with van der Waals surface area (Å²) in [6.45, 7) is 1.98. The van der Waals surface area contributed by atoms with Gasteiger partial charge in [-0.25, -0.2) is 0 Å². The average Bonchev–Trinajstić information content (AvgIpc) is 2.78. The van der Waals surface area contributed by atoms with Crippen molar-refractivity contribution in [2.75, 3.05) is 0 Å². The first-order valence-electron chi connectivity index (χ1n) is 4.94. The number of halogens is 2. The number of benzene rings is 1. The maximum absolute atomic E-state index is 6.02. The van der Waals surface area contributed by atoms with E-state index in [9.17, 15) is 0 Å². The first kappa shape index (κ1) is 11.6. The van der Waals surface area contributed by atoms with Crippen molar-refractivity contribution in [2.24, 2.45) is 0 Å². The number of aromatic nitrogens is 2. The van der Waals surface area contributed by atoms with Gasteiger partial charge in [0.2, 0.25) is 0 Å². The van der Waals surface area contributed by atoms with E-state index >= 15 is 0 Å². The molecule has 3 nitrogen and oxygen atoms in total. The molecule has 1 aromatic heterocycles. The topological polar surface area (TPSA) is 38.9 Å². The lowest BCUT2D eigenvalue weighted by atomic mass is 10.2. The van der Waals surface area contributed by atoms with Crippen molar-refractivity contribution in [2.45, 2.75) is 18.7 Å². The fourth-order valence-electron chi connectivity index (χ4n) is 1.25. The van der Waals surface area contributed by atoms with E-state index in [1.54, 1.807) is 0 Å². The maximum atomic E-state index is 6.02. The standard InChI is InChI=1S/C11H10BrClN2O/c1-2-9(13)10-14-11(16-15-10)7-3-5-8(12)6-4-7/h3-6,9H,2H2,1H3. The van der Waals surface area contributed by atoms with Crippen LogP contribution in [0.4, 0.5) is 0 Å². The lowest BCUT2D eigenvalue weighted by Crippen LogP contribution is -1.90. The van der Waals surface area contributed by atoms with Crippen LogP contribution in [0.1, 0.15) is 24.5 Å². The Hall–Kier alpha value is -0.870. The molecular formula is C11H10BrClN2O. The number of nitrogens with zero attached hydrogens (tertiary/aromatic N) is 2. The summed E-state index contributed by atoms with van der Waals surface area (Å²) in [6, 6.07) is 7.68. The molecule has 1 unspecified atom stereocenters. The summed E-state index contributed by atoms with van der Waals surface area (Å²) in [7, 11) is 0. The highest BCUT2D eigenvalue weighted by Crippen LogP contribution is 2.25. The molecule has 0 fully saturated rings. The molecule has 84 valence electrons. The van der Waals surface area contributed by atoms with Crippen LogP contribution in [0, 0.1) is 0 Å². The summed E-state index contributed by atoms with van der Waals surface area (Å²) >= 11 is 9.39. The second-order valence-electron chi connectivity index (χ2n) is 3.34. The fourth-order valence-corrected chi connectivity index (χ4v) is 1.61. The third kappa shape index (κ3) is 2.44. The number of rotatable bonds is 3. The fraction of sp³-hybridized carbons (Fsp3) is 0.273. The third-order valence-corrected chi connectivity index (χ3v) is 3.20. The molecule has 0 bridgehead atoms. The first-order valence-corrected chi connectivity index (χ1v) is 6.17. The molecule has 1 heterocycles. The van der Waals surface area contributed by atoms with Crippen molar-refractivity contribution in [1.29, 1.82) is 0 Å². The van der Waals surface area contributed by atoms with Gasteiger partial charge in [0, 0.05) is 10.0 Å². The van der Waals surface area contributed by atoms with Gasteiger partial charge in [0.05, 0.1) is 5.38 Å². The summed E-state index contributed by atoms with van der Waals surface area (Å²) in [4.78, 5) is 4.26. The van der Waals surface area contributed by atoms with Crippen molar-refractivity contribution in [3.05, 3.63) is 34.6 Å². The van der Waals surface area contributed by atoms with E-state index in [-0.39, 0.29) is 5.38 Å². The molecule has 0 N–H and O–H groups in total. The van der Waals surface area contributed by atoms with E-state index in [1.807, 2.05) is 31.2 Å². The molecule has 2 rings (SSSR count). The van der Waals surface area contributed by atoms with E-state index in [0.29, 0.717) is 11.7 Å². The van der Waals surface area contributed by atoms with Crippen LogP contribution in [0.15, 0.2) is 33.3 Å². The monoisotopic (exact) mass is 300 g/mol. The van der Waals surface area contributed by atoms with Crippen molar-refractivity contribution in [3.63, 3.8) is 0 Å². The molecule has 1 aromatic carbocycles. The van der Waals surface area contributed by atoms with Gasteiger partial charge in [-0.05, 0) is 30.7 Å². The second-order valence-corrected chi connectivity index (χ2v) is 4.78. The Balaban J connectivity index is 2.28. The molecule has 0 radical (unpaired) electrons. The largest absolute Gasteiger partial charge is 0.334 e. The number of alkyl halides is 1. The van der Waals surface area contributed by atoms with Crippen molar-refractivity contribution in [1.82, 2.24) is 10.1 Å². The molecule has 0 aliphatic rings. The second kappa shape index (κ2) is 4.97. The minimum absolute atomic E-state index is 0.187. The van der Waals surface area contributed by atoms with Gasteiger partial charge >= 0.3 is 0 Å². The van der Waals surface area contributed by atoms with Gasteiger partial charge in [-0.15, -0.1) is 11.6 Å². The normalized spacial score (nSPS) is 12.7. The highest BCUT2D eigenvalue weighted by atomic mass is 79.9. The zero-order chi connectivity index (χ0) is 11.5. The minimum atomic E-state index is -0.187. The van der Waals surface area contributed by atoms with Crippen LogP contribution in [0.2, 0.25) is 0 Å². The molecule has 5 heteroatoms. The van der Waals surface area contributed by atoms with Gasteiger partial charge in [-0.3, -0.25) is 0 Å². The SMILES string of the molecule is CCC(Cl)c1noc(-c2ccc(Br)cc2)n1. The molecular weight excluding hydrogens is 291 g/mol. The molecule has 1 atom stereocenters. The Kier molecular flexibility index (Phi) is 3.61. The van der Waals surface area contributed by atoms with Crippen LogP contribution in [0.3, 0.4) is 0 Å². The zero-order valence-corrected chi connectivity index (χ0v) is 11.0. The summed E-state index contributed by atoms with van der Waals surface area (Å²) in [5.74, 6) is 1.05. The van der Waals surface area contributed by atoms with E-state index < -0.39 is 0 Å². The van der Waals surface area contributed by atoms with Gasteiger partial charge in [-0.1, -0.05) is 28.0 Å². The Morgan fingerprint density at radius 1 is 1.38 bits per heavy atom. The van der Waals surface area contributed by atoms with Crippen LogP contribution < -0.4 is 0 Å². The Morgan fingerprint density at radius 3 is 2.69 bits per heavy atom. The van der Waals surface area contributed by atoms with Crippen molar-refractivity contribution in [3.8, 4) is 11.5 Å². The Labute approximate surface area is 107 Å². The lowest BCUT2D eigenvalue weighted by molar-refractivity contribution is 0.421. The van der Waals surface area contributed by atoms with Crippen LogP contribution in [-0.4, -0.2) is 10.1 Å². The molecule has 16 heavy (non-hydrogen) atoms. The predicted molar refractivity (Wildman–Crippen MR) is 66.3 cm³/mol. The van der Waals surface area contributed by atoms with Crippen LogP contribution in [-0.2, 0) is 0 Å². The van der Waals surface area contributed by atoms with Gasteiger partial charge < -0.3 is 4.52 Å². The van der Waals surface area contributed by atoms with Gasteiger partial charge in [-0.2, -0.15) is 4.98 Å². The molecule has 0 amide bonds. The average molecular weight is 302 g/mol. The molecule has 0 saturated heterocycles. The molecule has 0 spiro atoms. The van der Waals surface area contributed by atoms with E-state index in [1.165, 1.54) is 0 Å². The van der Waals surface area contributed by atoms with Gasteiger partial charge in [0.15, 0.2) is 5.82 Å². The number of hydrogen-bond donors (Lipinski definition) is 0. The predicted octanol–water partition coefficient (Wildman–Crippen LogP) is 4.19. The summed E-state index contributed by atoms with van der Waals surface area (Å²) in [5, 5.41) is 3.67. The summed E-state index contributed by atoms with van der Waals surface area (Å²) < 4.78 is 6.17. The smallest absolute Gasteiger partial charge is 0.257 e.